The van der Waals surface area contributed by atoms with Gasteiger partial charge in [-0.25, -0.2) is 4.98 Å². The lowest BCUT2D eigenvalue weighted by Gasteiger charge is -2.45. The van der Waals surface area contributed by atoms with Crippen molar-refractivity contribution >= 4 is 58.4 Å². The Labute approximate surface area is 266 Å². The summed E-state index contributed by atoms with van der Waals surface area (Å²) in [6.07, 6.45) is 0.878. The molecule has 1 aliphatic rings. The van der Waals surface area contributed by atoms with Gasteiger partial charge < -0.3 is 10.2 Å². The smallest absolute Gasteiger partial charge is 0.133 e. The van der Waals surface area contributed by atoms with Crippen LogP contribution in [-0.2, 0) is 6.42 Å². The molecule has 1 saturated heterocycles. The lowest BCUT2D eigenvalue weighted by molar-refractivity contribution is 0.584. The number of anilines is 1. The Balaban J connectivity index is 1.62. The summed E-state index contributed by atoms with van der Waals surface area (Å²) in [4.78, 5) is 7.84. The Morgan fingerprint density at radius 1 is 0.791 bits per heavy atom. The van der Waals surface area contributed by atoms with Crippen LogP contribution in [0.5, 0.6) is 0 Å². The molecule has 220 valence electrons. The zero-order valence-electron chi connectivity index (χ0n) is 25.2. The second-order valence-electron chi connectivity index (χ2n) is 12.6. The molecule has 0 aliphatic carbocycles. The molecule has 6 rings (SSSR count). The molecule has 0 radical (unpaired) electrons. The van der Waals surface area contributed by atoms with Crippen molar-refractivity contribution in [3.63, 3.8) is 0 Å². The number of piperazine rings is 1. The van der Waals surface area contributed by atoms with Crippen molar-refractivity contribution in [2.24, 2.45) is 0 Å². The maximum absolute atomic E-state index is 7.00. The first-order valence-electron chi connectivity index (χ1n) is 15.2. The summed E-state index contributed by atoms with van der Waals surface area (Å²) in [6, 6.07) is 37.8. The fourth-order valence-corrected chi connectivity index (χ4v) is 13.0. The van der Waals surface area contributed by atoms with Gasteiger partial charge in [-0.3, -0.25) is 0 Å². The van der Waals surface area contributed by atoms with Gasteiger partial charge in [-0.15, -0.1) is 0 Å². The average molecular weight is 625 g/mol. The zero-order chi connectivity index (χ0) is 30.0. The third kappa shape index (κ3) is 5.74. The van der Waals surface area contributed by atoms with E-state index in [4.69, 9.17) is 28.2 Å². The Bertz CT molecular complexity index is 1670. The number of nitrogens with zero attached hydrogens (tertiary/aromatic N) is 2. The molecule has 1 N–H and O–H groups in total. The van der Waals surface area contributed by atoms with Gasteiger partial charge in [-0.1, -0.05) is 133 Å². The van der Waals surface area contributed by atoms with E-state index in [2.05, 4.69) is 116 Å². The van der Waals surface area contributed by atoms with Gasteiger partial charge in [0.15, 0.2) is 0 Å². The minimum Gasteiger partial charge on any atom is -0.354 e. The summed E-state index contributed by atoms with van der Waals surface area (Å²) in [5, 5.41) is 9.01. The third-order valence-corrected chi connectivity index (χ3v) is 15.9. The van der Waals surface area contributed by atoms with E-state index in [0.717, 1.165) is 71.5 Å². The van der Waals surface area contributed by atoms with Crippen molar-refractivity contribution in [2.75, 3.05) is 31.1 Å². The lowest BCUT2D eigenvalue weighted by atomic mass is 9.93. The maximum atomic E-state index is 7.00. The minimum atomic E-state index is -2.34. The number of halogens is 2. The van der Waals surface area contributed by atoms with E-state index in [1.54, 1.807) is 0 Å². The van der Waals surface area contributed by atoms with Crippen molar-refractivity contribution < 1.29 is 0 Å². The molecule has 43 heavy (non-hydrogen) atoms. The van der Waals surface area contributed by atoms with Gasteiger partial charge in [-0.05, 0) is 47.3 Å². The highest BCUT2D eigenvalue weighted by molar-refractivity contribution is 7.04. The van der Waals surface area contributed by atoms with Crippen LogP contribution >= 0.6 is 23.2 Å². The summed E-state index contributed by atoms with van der Waals surface area (Å²) in [5.41, 5.74) is 4.40. The fraction of sp³-hybridized carbons (Fsp3) is 0.270. The van der Waals surface area contributed by atoms with Crippen LogP contribution < -0.4 is 20.6 Å². The normalized spacial score (nSPS) is 14.3. The van der Waals surface area contributed by atoms with Crippen LogP contribution in [0.15, 0.2) is 103 Å². The summed E-state index contributed by atoms with van der Waals surface area (Å²) in [6.45, 7) is 11.0. The Morgan fingerprint density at radius 2 is 1.40 bits per heavy atom. The molecule has 0 unspecified atom stereocenters. The number of aromatic nitrogens is 1. The highest BCUT2D eigenvalue weighted by atomic mass is 35.5. The molecule has 5 aromatic rings. The fourth-order valence-electron chi connectivity index (χ4n) is 7.06. The standard InChI is InChI=1S/C37H39Cl2N3Si/c1-37(2,3)43(28-12-6-4-7-13-28,29-14-8-5-9-15-29)25-20-31-35(30-16-10-11-17-33(30)39)32-26-27(38)18-19-34(32)41-36(31)42-23-21-40-22-24-42/h4-19,26,40H,20-25H2,1-3H3. The summed E-state index contributed by atoms with van der Waals surface area (Å²) in [5.74, 6) is 1.07. The van der Waals surface area contributed by atoms with Gasteiger partial charge in [0.2, 0.25) is 0 Å². The zero-order valence-corrected chi connectivity index (χ0v) is 27.7. The van der Waals surface area contributed by atoms with Crippen LogP contribution in [0, 0.1) is 0 Å². The van der Waals surface area contributed by atoms with Gasteiger partial charge in [0, 0.05) is 52.7 Å². The molecule has 0 bridgehead atoms. The molecule has 3 nitrogen and oxygen atoms in total. The first kappa shape index (κ1) is 29.9. The molecule has 0 spiro atoms. The van der Waals surface area contributed by atoms with Crippen molar-refractivity contribution in [2.45, 2.75) is 38.3 Å². The molecule has 2 heterocycles. The van der Waals surface area contributed by atoms with E-state index in [-0.39, 0.29) is 5.04 Å². The molecule has 1 fully saturated rings. The van der Waals surface area contributed by atoms with Crippen molar-refractivity contribution in [3.8, 4) is 11.1 Å². The van der Waals surface area contributed by atoms with E-state index >= 15 is 0 Å². The summed E-state index contributed by atoms with van der Waals surface area (Å²) in [7, 11) is -2.34. The highest BCUT2D eigenvalue weighted by Crippen LogP contribution is 2.44. The summed E-state index contributed by atoms with van der Waals surface area (Å²) >= 11 is 13.7. The minimum absolute atomic E-state index is 0.0586. The molecular formula is C37H39Cl2N3Si. The third-order valence-electron chi connectivity index (χ3n) is 9.15. The number of pyridine rings is 1. The number of hydrogen-bond donors (Lipinski definition) is 1. The predicted molar refractivity (Wildman–Crippen MR) is 188 cm³/mol. The average Bonchev–Trinajstić information content (AvgIpc) is 3.02. The quantitative estimate of drug-likeness (QED) is 0.185. The monoisotopic (exact) mass is 623 g/mol. The summed E-state index contributed by atoms with van der Waals surface area (Å²) < 4.78 is 0. The SMILES string of the molecule is CC(C)(C)[Si](CCc1c(N2CCNCC2)nc2ccc(Cl)cc2c1-c1ccccc1Cl)(c1ccccc1)c1ccccc1. The van der Waals surface area contributed by atoms with Gasteiger partial charge in [0.1, 0.15) is 13.9 Å². The van der Waals surface area contributed by atoms with Crippen LogP contribution in [0.3, 0.4) is 0 Å². The largest absolute Gasteiger partial charge is 0.354 e. The molecule has 0 amide bonds. The highest BCUT2D eigenvalue weighted by Gasteiger charge is 2.47. The van der Waals surface area contributed by atoms with Gasteiger partial charge in [-0.2, -0.15) is 0 Å². The number of benzene rings is 4. The first-order chi connectivity index (χ1) is 20.8. The van der Waals surface area contributed by atoms with E-state index in [1.165, 1.54) is 15.9 Å². The van der Waals surface area contributed by atoms with Crippen molar-refractivity contribution in [3.05, 3.63) is 119 Å². The molecule has 0 saturated carbocycles. The van der Waals surface area contributed by atoms with E-state index in [9.17, 15) is 0 Å². The lowest BCUT2D eigenvalue weighted by Crippen LogP contribution is -2.64. The van der Waals surface area contributed by atoms with Crippen LogP contribution in [-0.4, -0.2) is 39.2 Å². The predicted octanol–water partition coefficient (Wildman–Crippen LogP) is 8.22. The van der Waals surface area contributed by atoms with Gasteiger partial charge >= 0.3 is 0 Å². The Hall–Kier alpha value is -3.15. The van der Waals surface area contributed by atoms with E-state index in [0.29, 0.717) is 5.02 Å². The Kier molecular flexibility index (Phi) is 8.66. The van der Waals surface area contributed by atoms with E-state index in [1.807, 2.05) is 18.2 Å². The topological polar surface area (TPSA) is 28.2 Å². The van der Waals surface area contributed by atoms with Gasteiger partial charge in [0.05, 0.1) is 5.52 Å². The Morgan fingerprint density at radius 3 is 2.00 bits per heavy atom. The number of rotatable bonds is 7. The van der Waals surface area contributed by atoms with Crippen molar-refractivity contribution in [1.82, 2.24) is 10.3 Å². The van der Waals surface area contributed by atoms with Crippen LogP contribution in [0.2, 0.25) is 21.1 Å². The molecule has 6 heteroatoms. The van der Waals surface area contributed by atoms with Gasteiger partial charge in [0.25, 0.3) is 0 Å². The van der Waals surface area contributed by atoms with E-state index < -0.39 is 8.07 Å². The number of fused-ring (bicyclic) bond motifs is 1. The molecular weight excluding hydrogens is 585 g/mol. The van der Waals surface area contributed by atoms with Crippen molar-refractivity contribution in [1.29, 1.82) is 0 Å². The molecule has 4 aromatic carbocycles. The second-order valence-corrected chi connectivity index (χ2v) is 18.4. The second kappa shape index (κ2) is 12.5. The van der Waals surface area contributed by atoms with Crippen LogP contribution in [0.1, 0.15) is 26.3 Å². The van der Waals surface area contributed by atoms with Crippen LogP contribution in [0.4, 0.5) is 5.82 Å². The number of nitrogens with one attached hydrogen (secondary N) is 1. The molecule has 0 atom stereocenters. The first-order valence-corrected chi connectivity index (χ1v) is 18.2. The molecule has 1 aliphatic heterocycles. The maximum Gasteiger partial charge on any atom is 0.133 e. The van der Waals surface area contributed by atoms with Crippen LogP contribution in [0.25, 0.3) is 22.0 Å². The molecule has 1 aromatic heterocycles. The number of hydrogen-bond acceptors (Lipinski definition) is 3.